The summed E-state index contributed by atoms with van der Waals surface area (Å²) in [5.74, 6) is 2.65. The van der Waals surface area contributed by atoms with Crippen LogP contribution < -0.4 is 0 Å². The molecule has 0 aromatic carbocycles. The van der Waals surface area contributed by atoms with Gasteiger partial charge in [0, 0.05) is 19.1 Å². The molecule has 5 heteroatoms. The summed E-state index contributed by atoms with van der Waals surface area (Å²) < 4.78 is 0. The normalized spacial score (nSPS) is 26.2. The van der Waals surface area contributed by atoms with Crippen molar-refractivity contribution in [2.24, 2.45) is 11.8 Å². The maximum atomic E-state index is 2.74. The number of nitrogens with zero attached hydrogens (tertiary/aromatic N) is 3. The number of piperazine rings is 1. The predicted molar refractivity (Wildman–Crippen MR) is 101 cm³/mol. The number of hydrogen-bond acceptors (Lipinski definition) is 3. The van der Waals surface area contributed by atoms with E-state index in [-0.39, 0.29) is 0 Å². The minimum atomic E-state index is 0.760. The fourth-order valence-corrected chi connectivity index (χ4v) is 4.38. The van der Waals surface area contributed by atoms with Crippen LogP contribution in [0.3, 0.4) is 0 Å². The van der Waals surface area contributed by atoms with Gasteiger partial charge in [0.15, 0.2) is 7.98 Å². The van der Waals surface area contributed by atoms with E-state index in [4.69, 9.17) is 0 Å². The van der Waals surface area contributed by atoms with Gasteiger partial charge in [-0.2, -0.15) is 0 Å². The Balaban J connectivity index is 1.70. The molecular formula is C17H37B2N3. The molecule has 0 aromatic rings. The first-order valence-corrected chi connectivity index (χ1v) is 9.60. The van der Waals surface area contributed by atoms with E-state index in [1.54, 1.807) is 0 Å². The molecule has 3 nitrogen and oxygen atoms in total. The van der Waals surface area contributed by atoms with Crippen molar-refractivity contribution in [1.82, 2.24) is 14.5 Å². The molecule has 22 heavy (non-hydrogen) atoms. The van der Waals surface area contributed by atoms with Crippen molar-refractivity contribution in [3.63, 3.8) is 0 Å². The third kappa shape index (κ3) is 5.58. The van der Waals surface area contributed by atoms with Gasteiger partial charge in [-0.15, -0.1) is 0 Å². The van der Waals surface area contributed by atoms with Gasteiger partial charge in [0.2, 0.25) is 7.41 Å². The second kappa shape index (κ2) is 8.75. The number of rotatable bonds is 6. The van der Waals surface area contributed by atoms with Gasteiger partial charge in [0.05, 0.1) is 0 Å². The van der Waals surface area contributed by atoms with E-state index in [0.29, 0.717) is 0 Å². The van der Waals surface area contributed by atoms with E-state index in [0.717, 1.165) is 23.7 Å². The van der Waals surface area contributed by atoms with Crippen LogP contribution in [0.25, 0.3) is 0 Å². The van der Waals surface area contributed by atoms with Crippen molar-refractivity contribution >= 4 is 15.4 Å². The van der Waals surface area contributed by atoms with Crippen LogP contribution in [0.15, 0.2) is 0 Å². The Morgan fingerprint density at radius 3 is 2.09 bits per heavy atom. The standard InChI is InChI=1S/C17H37B2N3/c1-14(2)19-22-11-9-20(10-12-22)16(4)13-15(3)17-5-7-21(18)8-6-17/h14-17,19H,5-13,18H2,1-4H3. The Kier molecular flexibility index (Phi) is 7.30. The molecule has 2 unspecified atom stereocenters. The van der Waals surface area contributed by atoms with Gasteiger partial charge in [0.25, 0.3) is 0 Å². The zero-order valence-electron chi connectivity index (χ0n) is 15.7. The molecule has 0 amide bonds. The summed E-state index contributed by atoms with van der Waals surface area (Å²) in [7, 11) is 3.54. The highest BCUT2D eigenvalue weighted by Crippen LogP contribution is 2.28. The van der Waals surface area contributed by atoms with Gasteiger partial charge in [-0.05, 0) is 64.2 Å². The SMILES string of the molecule is BN1CCC(C(C)CC(C)N2CCN(BC(C)C)CC2)CC1. The zero-order valence-corrected chi connectivity index (χ0v) is 15.7. The Bertz CT molecular complexity index is 311. The monoisotopic (exact) mass is 305 g/mol. The average molecular weight is 305 g/mol. The average Bonchev–Trinajstić information content (AvgIpc) is 2.48. The molecule has 2 heterocycles. The summed E-state index contributed by atoms with van der Waals surface area (Å²) in [6.07, 6.45) is 4.21. The van der Waals surface area contributed by atoms with Crippen LogP contribution in [0, 0.1) is 11.8 Å². The van der Waals surface area contributed by atoms with Crippen molar-refractivity contribution in [2.75, 3.05) is 39.3 Å². The van der Waals surface area contributed by atoms with Gasteiger partial charge in [-0.25, -0.2) is 0 Å². The number of piperidine rings is 1. The molecule has 2 fully saturated rings. The van der Waals surface area contributed by atoms with Crippen LogP contribution in [0.4, 0.5) is 0 Å². The largest absolute Gasteiger partial charge is 0.349 e. The molecule has 0 aliphatic carbocycles. The van der Waals surface area contributed by atoms with Crippen molar-refractivity contribution in [3.8, 4) is 0 Å². The van der Waals surface area contributed by atoms with Crippen LogP contribution in [0.2, 0.25) is 5.82 Å². The van der Waals surface area contributed by atoms with Crippen LogP contribution in [-0.4, -0.2) is 75.2 Å². The summed E-state index contributed by atoms with van der Waals surface area (Å²) in [5, 5.41) is 0. The van der Waals surface area contributed by atoms with E-state index in [1.807, 2.05) is 0 Å². The lowest BCUT2D eigenvalue weighted by molar-refractivity contribution is 0.112. The van der Waals surface area contributed by atoms with E-state index in [2.05, 4.69) is 50.2 Å². The lowest BCUT2D eigenvalue weighted by atomic mass is 9.75. The van der Waals surface area contributed by atoms with Crippen molar-refractivity contribution < 1.29 is 0 Å². The van der Waals surface area contributed by atoms with Gasteiger partial charge < -0.3 is 9.62 Å². The first kappa shape index (κ1) is 18.3. The fraction of sp³-hybridized carbons (Fsp3) is 1.00. The second-order valence-electron chi connectivity index (χ2n) is 8.43. The zero-order chi connectivity index (χ0) is 16.1. The molecule has 2 saturated heterocycles. The number of hydrogen-bond donors (Lipinski definition) is 0. The van der Waals surface area contributed by atoms with E-state index < -0.39 is 0 Å². The van der Waals surface area contributed by atoms with Gasteiger partial charge in [-0.3, -0.25) is 4.90 Å². The molecule has 2 aliphatic heterocycles. The van der Waals surface area contributed by atoms with Crippen molar-refractivity contribution in [3.05, 3.63) is 0 Å². The maximum absolute atomic E-state index is 2.74. The summed E-state index contributed by atoms with van der Waals surface area (Å²) in [5.41, 5.74) is 0. The molecular weight excluding hydrogens is 268 g/mol. The highest BCUT2D eigenvalue weighted by Gasteiger charge is 2.27. The van der Waals surface area contributed by atoms with Crippen LogP contribution in [0.1, 0.15) is 47.0 Å². The third-order valence-corrected chi connectivity index (χ3v) is 5.93. The minimum absolute atomic E-state index is 0.760. The molecule has 0 saturated carbocycles. The van der Waals surface area contributed by atoms with E-state index in [1.165, 1.54) is 65.9 Å². The predicted octanol–water partition coefficient (Wildman–Crippen LogP) is 1.46. The molecule has 2 atom stereocenters. The molecule has 0 bridgehead atoms. The highest BCUT2D eigenvalue weighted by atomic mass is 15.2. The minimum Gasteiger partial charge on any atom is -0.349 e. The van der Waals surface area contributed by atoms with Crippen LogP contribution in [0.5, 0.6) is 0 Å². The van der Waals surface area contributed by atoms with Crippen molar-refractivity contribution in [2.45, 2.75) is 58.8 Å². The topological polar surface area (TPSA) is 9.72 Å². The van der Waals surface area contributed by atoms with E-state index >= 15 is 0 Å². The van der Waals surface area contributed by atoms with Gasteiger partial charge in [0.1, 0.15) is 0 Å². The lowest BCUT2D eigenvalue weighted by Crippen LogP contribution is -2.51. The van der Waals surface area contributed by atoms with E-state index in [9.17, 15) is 0 Å². The molecule has 0 N–H and O–H groups in total. The van der Waals surface area contributed by atoms with Gasteiger partial charge in [-0.1, -0.05) is 26.6 Å². The smallest absolute Gasteiger partial charge is 0.207 e. The van der Waals surface area contributed by atoms with Crippen LogP contribution >= 0.6 is 0 Å². The first-order chi connectivity index (χ1) is 10.5. The summed E-state index contributed by atoms with van der Waals surface area (Å²) in [6, 6.07) is 0.760. The Hall–Kier alpha value is 0.00987. The summed E-state index contributed by atoms with van der Waals surface area (Å²) in [4.78, 5) is 7.87. The molecule has 0 spiro atoms. The Labute approximate surface area is 140 Å². The molecule has 0 aromatic heterocycles. The molecule has 2 aliphatic rings. The molecule has 126 valence electrons. The van der Waals surface area contributed by atoms with Gasteiger partial charge >= 0.3 is 0 Å². The first-order valence-electron chi connectivity index (χ1n) is 9.60. The third-order valence-electron chi connectivity index (χ3n) is 5.93. The van der Waals surface area contributed by atoms with Crippen molar-refractivity contribution in [1.29, 1.82) is 0 Å². The Morgan fingerprint density at radius 1 is 0.955 bits per heavy atom. The highest BCUT2D eigenvalue weighted by molar-refractivity contribution is 6.33. The summed E-state index contributed by atoms with van der Waals surface area (Å²) >= 11 is 0. The maximum Gasteiger partial charge on any atom is 0.207 e. The quantitative estimate of drug-likeness (QED) is 0.688. The second-order valence-corrected chi connectivity index (χ2v) is 8.43. The van der Waals surface area contributed by atoms with Crippen LogP contribution in [-0.2, 0) is 0 Å². The summed E-state index contributed by atoms with van der Waals surface area (Å²) in [6.45, 7) is 17.3. The molecule has 2 rings (SSSR count). The Morgan fingerprint density at radius 2 is 1.55 bits per heavy atom. The molecule has 0 radical (unpaired) electrons. The lowest BCUT2D eigenvalue weighted by Gasteiger charge is -2.41. The fourth-order valence-electron chi connectivity index (χ4n) is 4.38.